The fraction of sp³-hybridized carbons (Fsp3) is 0.189. The Morgan fingerprint density at radius 2 is 1.71 bits per heavy atom. The van der Waals surface area contributed by atoms with Crippen LogP contribution in [0.15, 0.2) is 91.4 Å². The van der Waals surface area contributed by atoms with E-state index in [4.69, 9.17) is 32.9 Å². The van der Waals surface area contributed by atoms with E-state index >= 15 is 0 Å². The number of methoxy groups -OCH3 is 1. The van der Waals surface area contributed by atoms with Crippen molar-refractivity contribution in [1.29, 1.82) is 0 Å². The molecular formula is C37H31Cl2N7O3. The Morgan fingerprint density at radius 1 is 0.939 bits per heavy atom. The minimum Gasteiger partial charge on any atom is -0.453 e. The third-order valence-electron chi connectivity index (χ3n) is 9.29. The van der Waals surface area contributed by atoms with E-state index < -0.39 is 6.09 Å². The molecule has 1 unspecified atom stereocenters. The van der Waals surface area contributed by atoms with Gasteiger partial charge in [0.15, 0.2) is 5.82 Å². The summed E-state index contributed by atoms with van der Waals surface area (Å²) < 4.78 is 6.88. The quantitative estimate of drug-likeness (QED) is 0.163. The molecule has 0 radical (unpaired) electrons. The highest BCUT2D eigenvalue weighted by Gasteiger charge is 2.36. The topological polar surface area (TPSA) is 117 Å². The number of piperidine rings is 1. The fourth-order valence-electron chi connectivity index (χ4n) is 7.09. The van der Waals surface area contributed by atoms with Gasteiger partial charge in [0.05, 0.1) is 36.6 Å². The summed E-state index contributed by atoms with van der Waals surface area (Å²) in [6.45, 7) is 1.31. The van der Waals surface area contributed by atoms with Crippen LogP contribution in [0.3, 0.4) is 0 Å². The Morgan fingerprint density at radius 3 is 2.47 bits per heavy atom. The number of imidazole rings is 1. The molecule has 1 saturated heterocycles. The number of nitrogens with zero attached hydrogens (tertiary/aromatic N) is 4. The van der Waals surface area contributed by atoms with E-state index in [0.29, 0.717) is 40.3 Å². The first kappa shape index (κ1) is 31.0. The number of aromatic amines is 1. The number of benzene rings is 3. The molecule has 2 aliphatic rings. The van der Waals surface area contributed by atoms with Crippen molar-refractivity contribution in [2.75, 3.05) is 30.4 Å². The average Bonchev–Trinajstić information content (AvgIpc) is 3.73. The minimum atomic E-state index is -0.438. The molecule has 0 bridgehead atoms. The van der Waals surface area contributed by atoms with Crippen LogP contribution < -0.4 is 15.5 Å². The molecule has 6 aromatic rings. The molecule has 3 aromatic heterocycles. The highest BCUT2D eigenvalue weighted by atomic mass is 35.5. The number of hydrogen-bond acceptors (Lipinski definition) is 6. The summed E-state index contributed by atoms with van der Waals surface area (Å²) in [5.74, 6) is 0.347. The molecule has 12 heteroatoms. The molecule has 3 aromatic carbocycles. The van der Waals surface area contributed by atoms with E-state index in [1.807, 2.05) is 79.1 Å². The Bertz CT molecular complexity index is 2210. The molecule has 0 aliphatic carbocycles. The van der Waals surface area contributed by atoms with Crippen molar-refractivity contribution in [3.63, 3.8) is 0 Å². The molecular weight excluding hydrogens is 661 g/mol. The maximum atomic E-state index is 14.5. The van der Waals surface area contributed by atoms with Crippen molar-refractivity contribution in [2.45, 2.75) is 24.9 Å². The van der Waals surface area contributed by atoms with Gasteiger partial charge in [0.1, 0.15) is 5.69 Å². The molecule has 246 valence electrons. The van der Waals surface area contributed by atoms with Gasteiger partial charge >= 0.3 is 6.09 Å². The highest BCUT2D eigenvalue weighted by molar-refractivity contribution is 6.32. The van der Waals surface area contributed by atoms with Crippen molar-refractivity contribution in [1.82, 2.24) is 24.8 Å². The van der Waals surface area contributed by atoms with Crippen molar-refractivity contribution >= 4 is 57.6 Å². The number of pyridine rings is 1. The Hall–Kier alpha value is -5.32. The number of rotatable bonds is 6. The zero-order chi connectivity index (χ0) is 33.6. The first-order valence-electron chi connectivity index (χ1n) is 16.0. The number of amides is 2. The number of aromatic nitrogens is 4. The number of alkyl carbamates (subject to hydrolysis) is 1. The number of hydrogen-bond donors (Lipinski definition) is 3. The standard InChI is InChI=1S/C37H31Cl2N7O3/c1-49-37(48)42-25-13-16-45(17-14-25)35-27(8-5-15-40-35)44-36(47)32-30-29-26(18-24(39)19-28(29)43-32)33(22-9-11-23(38)12-10-22)46-20-41-31(34(30)46)21-6-3-2-4-7-21/h2-12,15,18-20,25,33,43H,13-14,16-17H2,1H3,(H,42,48)(H,44,47). The van der Waals surface area contributed by atoms with Gasteiger partial charge in [0.25, 0.3) is 5.91 Å². The van der Waals surface area contributed by atoms with Gasteiger partial charge in [0, 0.05) is 57.4 Å². The van der Waals surface area contributed by atoms with Crippen LogP contribution in [0, 0.1) is 0 Å². The van der Waals surface area contributed by atoms with Crippen LogP contribution in [0.4, 0.5) is 16.3 Å². The summed E-state index contributed by atoms with van der Waals surface area (Å²) >= 11 is 13.0. The number of nitrogens with one attached hydrogen (secondary N) is 3. The molecule has 2 amide bonds. The first-order valence-corrected chi connectivity index (χ1v) is 16.7. The summed E-state index contributed by atoms with van der Waals surface area (Å²) in [6, 6.07) is 25.0. The molecule has 8 rings (SSSR count). The fourth-order valence-corrected chi connectivity index (χ4v) is 7.44. The maximum absolute atomic E-state index is 14.5. The summed E-state index contributed by atoms with van der Waals surface area (Å²) in [7, 11) is 1.36. The van der Waals surface area contributed by atoms with E-state index in [1.165, 1.54) is 7.11 Å². The minimum absolute atomic E-state index is 0.00582. The molecule has 1 atom stereocenters. The van der Waals surface area contributed by atoms with Crippen LogP contribution in [0.2, 0.25) is 10.0 Å². The van der Waals surface area contributed by atoms with Gasteiger partial charge in [-0.05, 0) is 60.4 Å². The predicted molar refractivity (Wildman–Crippen MR) is 192 cm³/mol. The molecule has 3 N–H and O–H groups in total. The number of carbonyl (C=O) groups is 2. The van der Waals surface area contributed by atoms with E-state index in [-0.39, 0.29) is 18.0 Å². The van der Waals surface area contributed by atoms with Crippen molar-refractivity contribution in [2.24, 2.45) is 0 Å². The summed E-state index contributed by atoms with van der Waals surface area (Å²) in [5, 5.41) is 8.14. The second-order valence-corrected chi connectivity index (χ2v) is 13.1. The Labute approximate surface area is 292 Å². The van der Waals surface area contributed by atoms with Crippen LogP contribution >= 0.6 is 23.2 Å². The van der Waals surface area contributed by atoms with E-state index in [9.17, 15) is 9.59 Å². The third kappa shape index (κ3) is 5.56. The zero-order valence-electron chi connectivity index (χ0n) is 26.4. The molecule has 0 saturated carbocycles. The van der Waals surface area contributed by atoms with Crippen LogP contribution in [-0.4, -0.2) is 57.8 Å². The van der Waals surface area contributed by atoms with Gasteiger partial charge in [0.2, 0.25) is 0 Å². The predicted octanol–water partition coefficient (Wildman–Crippen LogP) is 7.93. The normalized spacial score (nSPS) is 15.6. The number of carbonyl (C=O) groups excluding carboxylic acids is 2. The molecule has 5 heterocycles. The monoisotopic (exact) mass is 691 g/mol. The van der Waals surface area contributed by atoms with Gasteiger partial charge in [-0.25, -0.2) is 14.8 Å². The van der Waals surface area contributed by atoms with Gasteiger partial charge in [-0.3, -0.25) is 4.79 Å². The van der Waals surface area contributed by atoms with Crippen LogP contribution in [0.25, 0.3) is 33.4 Å². The van der Waals surface area contributed by atoms with Crippen LogP contribution in [0.5, 0.6) is 0 Å². The lowest BCUT2D eigenvalue weighted by atomic mass is 9.88. The molecule has 1 fully saturated rings. The van der Waals surface area contributed by atoms with E-state index in [2.05, 4.69) is 30.1 Å². The second kappa shape index (κ2) is 12.6. The van der Waals surface area contributed by atoms with Crippen LogP contribution in [-0.2, 0) is 4.74 Å². The summed E-state index contributed by atoms with van der Waals surface area (Å²) in [4.78, 5) is 41.3. The van der Waals surface area contributed by atoms with Gasteiger partial charge in [-0.15, -0.1) is 0 Å². The van der Waals surface area contributed by atoms with Gasteiger partial charge in [-0.2, -0.15) is 0 Å². The smallest absolute Gasteiger partial charge is 0.407 e. The lowest BCUT2D eigenvalue weighted by molar-refractivity contribution is 0.102. The van der Waals surface area contributed by atoms with Gasteiger partial charge < -0.3 is 29.8 Å². The SMILES string of the molecule is COC(=O)NC1CCN(c2ncccc2NC(=O)c2[nH]c3cc(Cl)cc4c3c2-c2c(-c3ccccc3)ncn2C4c2ccc(Cl)cc2)CC1. The van der Waals surface area contributed by atoms with Crippen molar-refractivity contribution in [3.8, 4) is 22.5 Å². The number of ether oxygens (including phenoxy) is 1. The third-order valence-corrected chi connectivity index (χ3v) is 9.76. The zero-order valence-corrected chi connectivity index (χ0v) is 27.9. The number of H-pyrrole nitrogens is 1. The average molecular weight is 693 g/mol. The lowest BCUT2D eigenvalue weighted by Crippen LogP contribution is -2.45. The summed E-state index contributed by atoms with van der Waals surface area (Å²) in [6.07, 6.45) is 4.55. The van der Waals surface area contributed by atoms with E-state index in [0.717, 1.165) is 57.4 Å². The second-order valence-electron chi connectivity index (χ2n) is 12.2. The Balaban J connectivity index is 1.22. The number of fused-ring (bicyclic) bond motifs is 2. The van der Waals surface area contributed by atoms with E-state index in [1.54, 1.807) is 12.3 Å². The largest absolute Gasteiger partial charge is 0.453 e. The number of anilines is 2. The summed E-state index contributed by atoms with van der Waals surface area (Å²) in [5.41, 5.74) is 6.96. The van der Waals surface area contributed by atoms with Crippen molar-refractivity contribution < 1.29 is 14.3 Å². The molecule has 10 nitrogen and oxygen atoms in total. The molecule has 2 aliphatic heterocycles. The number of halogens is 2. The Kier molecular flexibility index (Phi) is 7.97. The van der Waals surface area contributed by atoms with Crippen LogP contribution in [0.1, 0.15) is 40.5 Å². The first-order chi connectivity index (χ1) is 23.9. The maximum Gasteiger partial charge on any atom is 0.407 e. The van der Waals surface area contributed by atoms with Gasteiger partial charge in [-0.1, -0.05) is 65.7 Å². The molecule has 49 heavy (non-hydrogen) atoms. The van der Waals surface area contributed by atoms with Crippen molar-refractivity contribution in [3.05, 3.63) is 118 Å². The highest BCUT2D eigenvalue weighted by Crippen LogP contribution is 2.50. The lowest BCUT2D eigenvalue weighted by Gasteiger charge is -2.33. The molecule has 0 spiro atoms.